The standard InChI is InChI=1S/C16H15F3N4O2/c17-16(18,19)13-3-1-11(2-4-13)12-9-20-14(21-10-12)22-5-7-23(8-6-22)15(24)25/h1-4,9-10H,5-8H2,(H,24,25). The van der Waals surface area contributed by atoms with Gasteiger partial charge in [0.2, 0.25) is 5.95 Å². The summed E-state index contributed by atoms with van der Waals surface area (Å²) in [4.78, 5) is 22.6. The van der Waals surface area contributed by atoms with Gasteiger partial charge < -0.3 is 14.9 Å². The molecular weight excluding hydrogens is 337 g/mol. The normalized spacial score (nSPS) is 15.3. The highest BCUT2D eigenvalue weighted by Gasteiger charge is 2.30. The summed E-state index contributed by atoms with van der Waals surface area (Å²) in [6, 6.07) is 4.81. The Balaban J connectivity index is 1.69. The highest BCUT2D eigenvalue weighted by atomic mass is 19.4. The molecule has 2 aromatic rings. The van der Waals surface area contributed by atoms with Crippen LogP contribution in [0.25, 0.3) is 11.1 Å². The second-order valence-corrected chi connectivity index (χ2v) is 5.60. The molecule has 1 aromatic heterocycles. The molecule has 6 nitrogen and oxygen atoms in total. The van der Waals surface area contributed by atoms with Gasteiger partial charge in [0.25, 0.3) is 0 Å². The summed E-state index contributed by atoms with van der Waals surface area (Å²) >= 11 is 0. The number of amides is 1. The van der Waals surface area contributed by atoms with Crippen LogP contribution in [0.4, 0.5) is 23.9 Å². The third-order valence-electron chi connectivity index (χ3n) is 4.02. The zero-order valence-corrected chi connectivity index (χ0v) is 13.1. The number of anilines is 1. The number of benzene rings is 1. The molecule has 0 atom stereocenters. The van der Waals surface area contributed by atoms with Gasteiger partial charge in [-0.2, -0.15) is 13.2 Å². The summed E-state index contributed by atoms with van der Waals surface area (Å²) in [5.74, 6) is 0.473. The number of rotatable bonds is 2. The third kappa shape index (κ3) is 3.81. The molecule has 1 fully saturated rings. The van der Waals surface area contributed by atoms with Crippen LogP contribution in [0.5, 0.6) is 0 Å². The van der Waals surface area contributed by atoms with Crippen molar-refractivity contribution in [3.05, 3.63) is 42.2 Å². The SMILES string of the molecule is O=C(O)N1CCN(c2ncc(-c3ccc(C(F)(F)F)cc3)cn2)CC1. The summed E-state index contributed by atoms with van der Waals surface area (Å²) in [5.41, 5.74) is 0.502. The molecule has 0 saturated carbocycles. The van der Waals surface area contributed by atoms with Crippen LogP contribution in [0.3, 0.4) is 0 Å². The molecule has 132 valence electrons. The van der Waals surface area contributed by atoms with Crippen molar-refractivity contribution in [1.82, 2.24) is 14.9 Å². The molecule has 0 radical (unpaired) electrons. The Bertz CT molecular complexity index is 739. The first-order valence-corrected chi connectivity index (χ1v) is 7.57. The van der Waals surface area contributed by atoms with Crippen molar-refractivity contribution in [3.8, 4) is 11.1 Å². The Hall–Kier alpha value is -2.84. The zero-order chi connectivity index (χ0) is 18.0. The molecule has 25 heavy (non-hydrogen) atoms. The van der Waals surface area contributed by atoms with E-state index in [0.717, 1.165) is 12.1 Å². The Morgan fingerprint density at radius 3 is 2.00 bits per heavy atom. The van der Waals surface area contributed by atoms with Gasteiger partial charge in [0.05, 0.1) is 5.56 Å². The smallest absolute Gasteiger partial charge is 0.416 e. The van der Waals surface area contributed by atoms with Crippen molar-refractivity contribution < 1.29 is 23.1 Å². The van der Waals surface area contributed by atoms with Crippen LogP contribution in [0, 0.1) is 0 Å². The van der Waals surface area contributed by atoms with E-state index in [4.69, 9.17) is 5.11 Å². The van der Waals surface area contributed by atoms with Gasteiger partial charge in [0.1, 0.15) is 0 Å². The molecule has 9 heteroatoms. The van der Waals surface area contributed by atoms with Gasteiger partial charge in [-0.15, -0.1) is 0 Å². The maximum Gasteiger partial charge on any atom is 0.416 e. The number of nitrogens with zero attached hydrogens (tertiary/aromatic N) is 4. The lowest BCUT2D eigenvalue weighted by atomic mass is 10.1. The first kappa shape index (κ1) is 17.0. The van der Waals surface area contributed by atoms with Crippen LogP contribution >= 0.6 is 0 Å². The number of hydrogen-bond donors (Lipinski definition) is 1. The van der Waals surface area contributed by atoms with Crippen LogP contribution in [-0.4, -0.2) is 52.2 Å². The first-order valence-electron chi connectivity index (χ1n) is 7.57. The minimum Gasteiger partial charge on any atom is -0.465 e. The van der Waals surface area contributed by atoms with Crippen LogP contribution in [0.2, 0.25) is 0 Å². The number of carbonyl (C=O) groups is 1. The van der Waals surface area contributed by atoms with E-state index < -0.39 is 17.8 Å². The fourth-order valence-electron chi connectivity index (χ4n) is 2.58. The van der Waals surface area contributed by atoms with Gasteiger partial charge in [-0.3, -0.25) is 0 Å². The number of carboxylic acid groups (broad SMARTS) is 1. The molecule has 1 aliphatic rings. The van der Waals surface area contributed by atoms with Gasteiger partial charge in [0, 0.05) is 44.1 Å². The molecule has 1 aromatic carbocycles. The van der Waals surface area contributed by atoms with Gasteiger partial charge in [0.15, 0.2) is 0 Å². The van der Waals surface area contributed by atoms with E-state index in [1.807, 2.05) is 4.90 Å². The molecular formula is C16H15F3N4O2. The van der Waals surface area contributed by atoms with Crippen LogP contribution < -0.4 is 4.90 Å². The molecule has 0 aliphatic carbocycles. The maximum absolute atomic E-state index is 12.6. The van der Waals surface area contributed by atoms with E-state index in [1.165, 1.54) is 17.0 Å². The Morgan fingerprint density at radius 2 is 1.52 bits per heavy atom. The molecule has 0 spiro atoms. The summed E-state index contributed by atoms with van der Waals surface area (Å²) in [7, 11) is 0. The largest absolute Gasteiger partial charge is 0.465 e. The van der Waals surface area contributed by atoms with E-state index in [-0.39, 0.29) is 0 Å². The van der Waals surface area contributed by atoms with E-state index >= 15 is 0 Å². The van der Waals surface area contributed by atoms with Crippen molar-refractivity contribution in [1.29, 1.82) is 0 Å². The lowest BCUT2D eigenvalue weighted by Gasteiger charge is -2.33. The zero-order valence-electron chi connectivity index (χ0n) is 13.1. The van der Waals surface area contributed by atoms with Gasteiger partial charge in [-0.25, -0.2) is 14.8 Å². The van der Waals surface area contributed by atoms with Crippen LogP contribution in [0.15, 0.2) is 36.7 Å². The highest BCUT2D eigenvalue weighted by Crippen LogP contribution is 2.30. The molecule has 0 unspecified atom stereocenters. The summed E-state index contributed by atoms with van der Waals surface area (Å²) < 4.78 is 37.8. The third-order valence-corrected chi connectivity index (χ3v) is 4.02. The van der Waals surface area contributed by atoms with E-state index in [1.54, 1.807) is 12.4 Å². The fraction of sp³-hybridized carbons (Fsp3) is 0.312. The molecule has 1 amide bonds. The van der Waals surface area contributed by atoms with Gasteiger partial charge >= 0.3 is 12.3 Å². The molecule has 3 rings (SSSR count). The topological polar surface area (TPSA) is 69.6 Å². The molecule has 1 saturated heterocycles. The fourth-order valence-corrected chi connectivity index (χ4v) is 2.58. The Kier molecular flexibility index (Phi) is 4.47. The lowest BCUT2D eigenvalue weighted by Crippen LogP contribution is -2.48. The monoisotopic (exact) mass is 352 g/mol. The Labute approximate surface area is 141 Å². The molecule has 1 aliphatic heterocycles. The quantitative estimate of drug-likeness (QED) is 0.900. The number of alkyl halides is 3. The summed E-state index contributed by atoms with van der Waals surface area (Å²) in [6.45, 7) is 1.73. The molecule has 1 N–H and O–H groups in total. The molecule has 0 bridgehead atoms. The van der Waals surface area contributed by atoms with Crippen LogP contribution in [0.1, 0.15) is 5.56 Å². The van der Waals surface area contributed by atoms with Crippen molar-refractivity contribution in [3.63, 3.8) is 0 Å². The Morgan fingerprint density at radius 1 is 0.960 bits per heavy atom. The predicted octanol–water partition coefficient (Wildman–Crippen LogP) is 2.96. The highest BCUT2D eigenvalue weighted by molar-refractivity contribution is 5.65. The van der Waals surface area contributed by atoms with E-state index in [0.29, 0.717) is 43.3 Å². The minimum absolute atomic E-state index is 0.374. The van der Waals surface area contributed by atoms with Crippen molar-refractivity contribution in [2.75, 3.05) is 31.1 Å². The average molecular weight is 352 g/mol. The second-order valence-electron chi connectivity index (χ2n) is 5.60. The van der Waals surface area contributed by atoms with E-state index in [9.17, 15) is 18.0 Å². The van der Waals surface area contributed by atoms with E-state index in [2.05, 4.69) is 9.97 Å². The summed E-state index contributed by atoms with van der Waals surface area (Å²) in [5, 5.41) is 8.93. The first-order chi connectivity index (χ1) is 11.8. The second kappa shape index (κ2) is 6.58. The average Bonchev–Trinajstić information content (AvgIpc) is 2.61. The number of piperazine rings is 1. The minimum atomic E-state index is -4.36. The van der Waals surface area contributed by atoms with Crippen molar-refractivity contribution >= 4 is 12.0 Å². The molecule has 2 heterocycles. The number of halogens is 3. The van der Waals surface area contributed by atoms with Crippen molar-refractivity contribution in [2.24, 2.45) is 0 Å². The lowest BCUT2D eigenvalue weighted by molar-refractivity contribution is -0.137. The van der Waals surface area contributed by atoms with Gasteiger partial charge in [-0.1, -0.05) is 12.1 Å². The van der Waals surface area contributed by atoms with Gasteiger partial charge in [-0.05, 0) is 17.7 Å². The number of hydrogen-bond acceptors (Lipinski definition) is 4. The maximum atomic E-state index is 12.6. The summed E-state index contributed by atoms with van der Waals surface area (Å²) in [6.07, 6.45) is -2.21. The van der Waals surface area contributed by atoms with Crippen LogP contribution in [-0.2, 0) is 6.18 Å². The predicted molar refractivity (Wildman–Crippen MR) is 84.3 cm³/mol. The van der Waals surface area contributed by atoms with Crippen molar-refractivity contribution in [2.45, 2.75) is 6.18 Å². The number of aromatic nitrogens is 2.